The molecule has 1 saturated heterocycles. The molecule has 0 unspecified atom stereocenters. The molecular formula is C21H28N8O. The summed E-state index contributed by atoms with van der Waals surface area (Å²) in [6.45, 7) is 5.81. The fourth-order valence-electron chi connectivity index (χ4n) is 3.69. The largest absolute Gasteiger partial charge is 0.354 e. The first-order valence-electron chi connectivity index (χ1n) is 10.3. The lowest BCUT2D eigenvalue weighted by atomic mass is 10.2. The number of rotatable bonds is 8. The summed E-state index contributed by atoms with van der Waals surface area (Å²) in [6, 6.07) is 5.97. The van der Waals surface area contributed by atoms with Crippen molar-refractivity contribution in [3.05, 3.63) is 61.1 Å². The van der Waals surface area contributed by atoms with E-state index in [9.17, 15) is 4.79 Å². The first-order chi connectivity index (χ1) is 14.7. The van der Waals surface area contributed by atoms with Gasteiger partial charge >= 0.3 is 0 Å². The molecule has 0 aromatic carbocycles. The van der Waals surface area contributed by atoms with Crippen LogP contribution < -0.4 is 4.90 Å². The van der Waals surface area contributed by atoms with Gasteiger partial charge in [-0.3, -0.25) is 14.4 Å². The Morgan fingerprint density at radius 2 is 2.03 bits per heavy atom. The molecule has 0 N–H and O–H groups in total. The van der Waals surface area contributed by atoms with E-state index in [0.717, 1.165) is 44.1 Å². The lowest BCUT2D eigenvalue weighted by Crippen LogP contribution is -2.50. The van der Waals surface area contributed by atoms with Crippen LogP contribution in [0.25, 0.3) is 0 Å². The molecule has 1 aliphatic heterocycles. The van der Waals surface area contributed by atoms with E-state index < -0.39 is 0 Å². The third kappa shape index (κ3) is 5.24. The standard InChI is InChI=1S/C21H28N8O/c1-25-15-19(14-24-25)16-29(13-10-27-7-6-22-18-27)21(30)17-26-8-11-28(12-9-26)20-4-2-3-5-23-20/h2-7,14-15,18H,8-13,16-17H2,1H3. The van der Waals surface area contributed by atoms with E-state index >= 15 is 0 Å². The van der Waals surface area contributed by atoms with Crippen LogP contribution in [0, 0.1) is 0 Å². The highest BCUT2D eigenvalue weighted by molar-refractivity contribution is 5.78. The van der Waals surface area contributed by atoms with E-state index in [0.29, 0.717) is 19.6 Å². The molecule has 1 amide bonds. The zero-order valence-corrected chi connectivity index (χ0v) is 17.3. The zero-order valence-electron chi connectivity index (χ0n) is 17.3. The fourth-order valence-corrected chi connectivity index (χ4v) is 3.69. The predicted molar refractivity (Wildman–Crippen MR) is 114 cm³/mol. The van der Waals surface area contributed by atoms with Gasteiger partial charge in [-0.05, 0) is 12.1 Å². The number of carbonyl (C=O) groups excluding carboxylic acids is 1. The van der Waals surface area contributed by atoms with Gasteiger partial charge < -0.3 is 14.4 Å². The van der Waals surface area contributed by atoms with Crippen molar-refractivity contribution < 1.29 is 4.79 Å². The minimum Gasteiger partial charge on any atom is -0.354 e. The number of nitrogens with zero attached hydrogens (tertiary/aromatic N) is 8. The number of imidazole rings is 1. The fraction of sp³-hybridized carbons (Fsp3) is 0.429. The number of amides is 1. The van der Waals surface area contributed by atoms with Crippen molar-refractivity contribution in [3.8, 4) is 0 Å². The van der Waals surface area contributed by atoms with Gasteiger partial charge in [0.1, 0.15) is 5.82 Å². The van der Waals surface area contributed by atoms with Gasteiger partial charge in [0.2, 0.25) is 5.91 Å². The maximum Gasteiger partial charge on any atom is 0.237 e. The number of piperazine rings is 1. The molecular weight excluding hydrogens is 380 g/mol. The third-order valence-electron chi connectivity index (χ3n) is 5.38. The van der Waals surface area contributed by atoms with Gasteiger partial charge in [0.05, 0.1) is 19.1 Å². The van der Waals surface area contributed by atoms with Crippen molar-refractivity contribution >= 4 is 11.7 Å². The SMILES string of the molecule is Cn1cc(CN(CCn2ccnc2)C(=O)CN2CCN(c3ccccn3)CC2)cn1. The normalized spacial score (nSPS) is 14.8. The molecule has 158 valence electrons. The van der Waals surface area contributed by atoms with Crippen LogP contribution in [0.4, 0.5) is 5.82 Å². The van der Waals surface area contributed by atoms with Crippen molar-refractivity contribution in [2.45, 2.75) is 13.1 Å². The average molecular weight is 409 g/mol. The quantitative estimate of drug-likeness (QED) is 0.550. The topological polar surface area (TPSA) is 75.3 Å². The number of pyridine rings is 1. The zero-order chi connectivity index (χ0) is 20.8. The number of aryl methyl sites for hydroxylation is 1. The molecule has 4 rings (SSSR count). The summed E-state index contributed by atoms with van der Waals surface area (Å²) in [4.78, 5) is 28.1. The van der Waals surface area contributed by atoms with E-state index in [1.54, 1.807) is 17.2 Å². The van der Waals surface area contributed by atoms with Crippen molar-refractivity contribution in [1.82, 2.24) is 34.1 Å². The number of hydrogen-bond acceptors (Lipinski definition) is 6. The number of hydrogen-bond donors (Lipinski definition) is 0. The average Bonchev–Trinajstić information content (AvgIpc) is 3.44. The van der Waals surface area contributed by atoms with E-state index in [4.69, 9.17) is 0 Å². The molecule has 0 radical (unpaired) electrons. The van der Waals surface area contributed by atoms with Gasteiger partial charge in [-0.2, -0.15) is 5.10 Å². The molecule has 0 aliphatic carbocycles. The Labute approximate surface area is 176 Å². The molecule has 0 spiro atoms. The summed E-state index contributed by atoms with van der Waals surface area (Å²) in [5, 5.41) is 4.23. The Bertz CT molecular complexity index is 916. The summed E-state index contributed by atoms with van der Waals surface area (Å²) in [6.07, 6.45) is 11.1. The van der Waals surface area contributed by atoms with Gasteiger partial charge in [-0.25, -0.2) is 9.97 Å². The van der Waals surface area contributed by atoms with Gasteiger partial charge in [0.25, 0.3) is 0 Å². The summed E-state index contributed by atoms with van der Waals surface area (Å²) in [5.41, 5.74) is 1.04. The second kappa shape index (κ2) is 9.53. The van der Waals surface area contributed by atoms with Crippen LogP contribution in [0.15, 0.2) is 55.5 Å². The highest BCUT2D eigenvalue weighted by atomic mass is 16.2. The van der Waals surface area contributed by atoms with Gasteiger partial charge in [0.15, 0.2) is 0 Å². The molecule has 0 saturated carbocycles. The second-order valence-electron chi connectivity index (χ2n) is 7.59. The third-order valence-corrected chi connectivity index (χ3v) is 5.38. The van der Waals surface area contributed by atoms with Crippen LogP contribution in [0.3, 0.4) is 0 Å². The van der Waals surface area contributed by atoms with Crippen molar-refractivity contribution in [2.24, 2.45) is 7.05 Å². The molecule has 3 aromatic rings. The first kappa shape index (κ1) is 20.1. The predicted octanol–water partition coefficient (Wildman–Crippen LogP) is 0.863. The highest BCUT2D eigenvalue weighted by Crippen LogP contribution is 2.13. The first-order valence-corrected chi connectivity index (χ1v) is 10.3. The van der Waals surface area contributed by atoms with Gasteiger partial charge in [0, 0.05) is 83.2 Å². The molecule has 3 aromatic heterocycles. The number of carbonyl (C=O) groups is 1. The monoisotopic (exact) mass is 408 g/mol. The Kier molecular flexibility index (Phi) is 6.38. The molecule has 30 heavy (non-hydrogen) atoms. The van der Waals surface area contributed by atoms with Crippen LogP contribution in [-0.2, 0) is 24.9 Å². The molecule has 9 nitrogen and oxygen atoms in total. The van der Waals surface area contributed by atoms with E-state index in [1.165, 1.54) is 0 Å². The Morgan fingerprint density at radius 3 is 2.70 bits per heavy atom. The van der Waals surface area contributed by atoms with E-state index in [-0.39, 0.29) is 5.91 Å². The van der Waals surface area contributed by atoms with Crippen LogP contribution >= 0.6 is 0 Å². The smallest absolute Gasteiger partial charge is 0.237 e. The molecule has 1 aliphatic rings. The summed E-state index contributed by atoms with van der Waals surface area (Å²) < 4.78 is 3.76. The van der Waals surface area contributed by atoms with E-state index in [2.05, 4.69) is 24.9 Å². The second-order valence-corrected chi connectivity index (χ2v) is 7.59. The van der Waals surface area contributed by atoms with Crippen molar-refractivity contribution in [3.63, 3.8) is 0 Å². The minimum absolute atomic E-state index is 0.144. The number of anilines is 1. The lowest BCUT2D eigenvalue weighted by Gasteiger charge is -2.36. The highest BCUT2D eigenvalue weighted by Gasteiger charge is 2.22. The maximum atomic E-state index is 13.1. The maximum absolute atomic E-state index is 13.1. The van der Waals surface area contributed by atoms with E-state index in [1.807, 2.05) is 59.5 Å². The Balaban J connectivity index is 1.33. The molecule has 1 fully saturated rings. The Morgan fingerprint density at radius 1 is 1.17 bits per heavy atom. The molecule has 0 bridgehead atoms. The van der Waals surface area contributed by atoms with Crippen molar-refractivity contribution in [2.75, 3.05) is 44.2 Å². The van der Waals surface area contributed by atoms with Crippen LogP contribution in [0.1, 0.15) is 5.56 Å². The van der Waals surface area contributed by atoms with Crippen LogP contribution in [0.5, 0.6) is 0 Å². The number of aromatic nitrogens is 5. The summed E-state index contributed by atoms with van der Waals surface area (Å²) in [7, 11) is 1.89. The Hall–Kier alpha value is -3.20. The van der Waals surface area contributed by atoms with Gasteiger partial charge in [-0.1, -0.05) is 6.07 Å². The molecule has 0 atom stereocenters. The summed E-state index contributed by atoms with van der Waals surface area (Å²) in [5.74, 6) is 1.15. The minimum atomic E-state index is 0.144. The van der Waals surface area contributed by atoms with Crippen LogP contribution in [0.2, 0.25) is 0 Å². The summed E-state index contributed by atoms with van der Waals surface area (Å²) >= 11 is 0. The molecule has 4 heterocycles. The van der Waals surface area contributed by atoms with Crippen LogP contribution in [-0.4, -0.2) is 79.3 Å². The lowest BCUT2D eigenvalue weighted by molar-refractivity contribution is -0.133. The van der Waals surface area contributed by atoms with Gasteiger partial charge in [-0.15, -0.1) is 0 Å². The van der Waals surface area contributed by atoms with Crippen molar-refractivity contribution in [1.29, 1.82) is 0 Å². The molecule has 9 heteroatoms.